The number of alkyl halides is 1. The van der Waals surface area contributed by atoms with Crippen LogP contribution in [0.5, 0.6) is 0 Å². The molecule has 0 aromatic heterocycles. The summed E-state index contributed by atoms with van der Waals surface area (Å²) >= 11 is 7.74. The highest BCUT2D eigenvalue weighted by Crippen LogP contribution is 2.33. The lowest BCUT2D eigenvalue weighted by Crippen LogP contribution is -2.47. The van der Waals surface area contributed by atoms with Gasteiger partial charge in [-0.15, -0.1) is 11.6 Å². The van der Waals surface area contributed by atoms with E-state index in [2.05, 4.69) is 0 Å². The van der Waals surface area contributed by atoms with Gasteiger partial charge >= 0.3 is 0 Å². The van der Waals surface area contributed by atoms with Gasteiger partial charge in [-0.1, -0.05) is 0 Å². The van der Waals surface area contributed by atoms with Crippen molar-refractivity contribution in [1.82, 2.24) is 4.90 Å². The summed E-state index contributed by atoms with van der Waals surface area (Å²) in [4.78, 5) is 13.8. The van der Waals surface area contributed by atoms with Crippen molar-refractivity contribution in [2.45, 2.75) is 18.9 Å². The van der Waals surface area contributed by atoms with E-state index < -0.39 is 0 Å². The Balaban J connectivity index is 1.96. The van der Waals surface area contributed by atoms with Crippen molar-refractivity contribution in [3.8, 4) is 0 Å². The van der Waals surface area contributed by atoms with Gasteiger partial charge in [0.2, 0.25) is 5.91 Å². The molecule has 2 aliphatic rings. The van der Waals surface area contributed by atoms with Crippen LogP contribution in [0.3, 0.4) is 0 Å². The van der Waals surface area contributed by atoms with Crippen molar-refractivity contribution in [3.63, 3.8) is 0 Å². The normalized spacial score (nSPS) is 29.0. The largest absolute Gasteiger partial charge is 0.337 e. The first-order valence-corrected chi connectivity index (χ1v) is 6.46. The molecule has 4 heteroatoms. The van der Waals surface area contributed by atoms with E-state index in [1.54, 1.807) is 0 Å². The van der Waals surface area contributed by atoms with Crippen molar-refractivity contribution < 1.29 is 4.79 Å². The van der Waals surface area contributed by atoms with E-state index in [0.29, 0.717) is 17.7 Å². The van der Waals surface area contributed by atoms with Gasteiger partial charge in [-0.25, -0.2) is 0 Å². The molecule has 1 heterocycles. The quantitative estimate of drug-likeness (QED) is 0.658. The summed E-state index contributed by atoms with van der Waals surface area (Å²) in [5.74, 6) is 3.37. The molecular formula is C9H14ClNOS. The number of rotatable bonds is 2. The number of hydrogen-bond donors (Lipinski definition) is 0. The molecule has 13 heavy (non-hydrogen) atoms. The number of nitrogens with zero attached hydrogens (tertiary/aromatic N) is 1. The van der Waals surface area contributed by atoms with Crippen molar-refractivity contribution >= 4 is 29.3 Å². The third kappa shape index (κ3) is 2.13. The summed E-state index contributed by atoms with van der Waals surface area (Å²) in [6, 6.07) is 0.286. The number of carbonyl (C=O) groups excluding carboxylic acids is 1. The van der Waals surface area contributed by atoms with Crippen LogP contribution < -0.4 is 0 Å². The fourth-order valence-electron chi connectivity index (χ4n) is 1.64. The van der Waals surface area contributed by atoms with E-state index in [0.717, 1.165) is 30.9 Å². The lowest BCUT2D eigenvalue weighted by atomic mass is 10.2. The van der Waals surface area contributed by atoms with Crippen LogP contribution in [0.2, 0.25) is 0 Å². The maximum absolute atomic E-state index is 11.8. The van der Waals surface area contributed by atoms with E-state index in [1.807, 2.05) is 16.7 Å². The minimum atomic E-state index is 0.286. The minimum absolute atomic E-state index is 0.286. The average Bonchev–Trinajstić information content (AvgIpc) is 3.00. The average molecular weight is 220 g/mol. The van der Waals surface area contributed by atoms with Crippen molar-refractivity contribution in [1.29, 1.82) is 0 Å². The predicted molar refractivity (Wildman–Crippen MR) is 56.3 cm³/mol. The van der Waals surface area contributed by atoms with Crippen LogP contribution in [0.4, 0.5) is 0 Å². The zero-order valence-corrected chi connectivity index (χ0v) is 9.11. The summed E-state index contributed by atoms with van der Waals surface area (Å²) < 4.78 is 0. The number of thioether (sulfide) groups is 1. The van der Waals surface area contributed by atoms with Crippen molar-refractivity contribution in [3.05, 3.63) is 0 Å². The molecule has 1 saturated heterocycles. The number of amides is 1. The molecule has 0 bridgehead atoms. The Morgan fingerprint density at radius 3 is 2.92 bits per heavy atom. The SMILES string of the molecule is O=C(C1CC1)N1CCSCC1CCl. The summed E-state index contributed by atoms with van der Waals surface area (Å²) in [6.45, 7) is 0.900. The standard InChI is InChI=1S/C9H14ClNOS/c10-5-8-6-13-4-3-11(8)9(12)7-1-2-7/h7-8H,1-6H2. The van der Waals surface area contributed by atoms with Crippen LogP contribution in [0, 0.1) is 5.92 Å². The Morgan fingerprint density at radius 1 is 1.54 bits per heavy atom. The fourth-order valence-corrected chi connectivity index (χ4v) is 3.11. The van der Waals surface area contributed by atoms with E-state index in [1.165, 1.54) is 0 Å². The van der Waals surface area contributed by atoms with Crippen LogP contribution in [-0.2, 0) is 4.79 Å². The molecule has 0 aromatic rings. The van der Waals surface area contributed by atoms with Crippen LogP contribution >= 0.6 is 23.4 Å². The molecule has 1 aliphatic carbocycles. The molecule has 2 fully saturated rings. The van der Waals surface area contributed by atoms with Gasteiger partial charge in [0, 0.05) is 29.8 Å². The van der Waals surface area contributed by atoms with Crippen LogP contribution in [0.1, 0.15) is 12.8 Å². The van der Waals surface area contributed by atoms with Crippen molar-refractivity contribution in [2.75, 3.05) is 23.9 Å². The summed E-state index contributed by atoms with van der Waals surface area (Å²) in [5, 5.41) is 0. The highest BCUT2D eigenvalue weighted by Gasteiger charge is 2.36. The summed E-state index contributed by atoms with van der Waals surface area (Å²) in [5.41, 5.74) is 0. The second-order valence-corrected chi connectivity index (χ2v) is 5.15. The van der Waals surface area contributed by atoms with Gasteiger partial charge in [-0.2, -0.15) is 11.8 Å². The Bertz CT molecular complexity index is 208. The van der Waals surface area contributed by atoms with E-state index in [4.69, 9.17) is 11.6 Å². The van der Waals surface area contributed by atoms with E-state index in [-0.39, 0.29) is 6.04 Å². The topological polar surface area (TPSA) is 20.3 Å². The molecule has 0 N–H and O–H groups in total. The number of hydrogen-bond acceptors (Lipinski definition) is 2. The third-order valence-electron chi connectivity index (χ3n) is 2.62. The Hall–Kier alpha value is 0.110. The maximum Gasteiger partial charge on any atom is 0.226 e. The fraction of sp³-hybridized carbons (Fsp3) is 0.889. The highest BCUT2D eigenvalue weighted by atomic mass is 35.5. The number of halogens is 1. The molecule has 2 rings (SSSR count). The molecule has 0 spiro atoms. The zero-order chi connectivity index (χ0) is 9.26. The van der Waals surface area contributed by atoms with Gasteiger partial charge in [-0.3, -0.25) is 4.79 Å². The van der Waals surface area contributed by atoms with Crippen LogP contribution in [0.25, 0.3) is 0 Å². The van der Waals surface area contributed by atoms with Gasteiger partial charge in [0.05, 0.1) is 6.04 Å². The monoisotopic (exact) mass is 219 g/mol. The Kier molecular flexibility index (Phi) is 3.04. The van der Waals surface area contributed by atoms with Gasteiger partial charge in [0.25, 0.3) is 0 Å². The molecule has 1 saturated carbocycles. The van der Waals surface area contributed by atoms with E-state index >= 15 is 0 Å². The molecule has 74 valence electrons. The van der Waals surface area contributed by atoms with Crippen LogP contribution in [0.15, 0.2) is 0 Å². The zero-order valence-electron chi connectivity index (χ0n) is 7.54. The second-order valence-electron chi connectivity index (χ2n) is 3.69. The Morgan fingerprint density at radius 2 is 2.31 bits per heavy atom. The second kappa shape index (κ2) is 4.09. The lowest BCUT2D eigenvalue weighted by Gasteiger charge is -2.34. The van der Waals surface area contributed by atoms with Gasteiger partial charge < -0.3 is 4.90 Å². The molecule has 1 unspecified atom stereocenters. The molecule has 0 radical (unpaired) electrons. The van der Waals surface area contributed by atoms with Gasteiger partial charge in [-0.05, 0) is 12.8 Å². The smallest absolute Gasteiger partial charge is 0.226 e. The molecular weight excluding hydrogens is 206 g/mol. The predicted octanol–water partition coefficient (Wildman–Crippen LogP) is 1.58. The molecule has 2 nitrogen and oxygen atoms in total. The first-order valence-electron chi connectivity index (χ1n) is 4.77. The van der Waals surface area contributed by atoms with Gasteiger partial charge in [0.15, 0.2) is 0 Å². The first-order chi connectivity index (χ1) is 6.33. The summed E-state index contributed by atoms with van der Waals surface area (Å²) in [7, 11) is 0. The minimum Gasteiger partial charge on any atom is -0.337 e. The molecule has 0 aromatic carbocycles. The molecule has 1 atom stereocenters. The Labute approximate surface area is 88.0 Å². The molecule has 1 aliphatic heterocycles. The van der Waals surface area contributed by atoms with Gasteiger partial charge in [0.1, 0.15) is 0 Å². The van der Waals surface area contributed by atoms with Crippen molar-refractivity contribution in [2.24, 2.45) is 5.92 Å². The molecule has 1 amide bonds. The van der Waals surface area contributed by atoms with Crippen LogP contribution in [-0.4, -0.2) is 40.8 Å². The maximum atomic E-state index is 11.8. The van der Waals surface area contributed by atoms with E-state index in [9.17, 15) is 4.79 Å². The first kappa shape index (κ1) is 9.66. The highest BCUT2D eigenvalue weighted by molar-refractivity contribution is 7.99. The lowest BCUT2D eigenvalue weighted by molar-refractivity contribution is -0.133. The third-order valence-corrected chi connectivity index (χ3v) is 4.06. The summed E-state index contributed by atoms with van der Waals surface area (Å²) in [6.07, 6.45) is 2.19. The number of carbonyl (C=O) groups is 1.